The molecule has 0 aromatic heterocycles. The molecule has 0 saturated carbocycles. The van der Waals surface area contributed by atoms with Gasteiger partial charge in [-0.1, -0.05) is 32.9 Å². The summed E-state index contributed by atoms with van der Waals surface area (Å²) in [5.74, 6) is -0.692. The number of esters is 1. The molecule has 1 atom stereocenters. The predicted molar refractivity (Wildman–Crippen MR) is 144 cm³/mol. The molecule has 3 rings (SSSR count). The maximum atomic E-state index is 13.1. The lowest BCUT2D eigenvalue weighted by Crippen LogP contribution is -2.48. The van der Waals surface area contributed by atoms with Gasteiger partial charge in [-0.25, -0.2) is 9.59 Å². The standard InChI is InChI=1S/C28H32N4O6/c1-5-16-31-19(4)25(27(34)38-17-18(2)3)26(30-28(31)35)21-9-11-22(12-10-21)29-24(33)15-8-20-6-13-23(14-7-20)32(36)37/h6-15,18,26H,5,16-17H2,1-4H3,(H,29,33)(H,30,35)/b15-8+/t26-/m0/s1. The normalized spacial score (nSPS) is 15.6. The summed E-state index contributed by atoms with van der Waals surface area (Å²) in [5, 5.41) is 16.4. The van der Waals surface area contributed by atoms with E-state index in [1.54, 1.807) is 54.3 Å². The van der Waals surface area contributed by atoms with E-state index in [1.165, 1.54) is 18.2 Å². The van der Waals surface area contributed by atoms with Crippen molar-refractivity contribution in [2.75, 3.05) is 18.5 Å². The number of ether oxygens (including phenoxy) is 1. The molecular formula is C28H32N4O6. The highest BCUT2D eigenvalue weighted by atomic mass is 16.6. The number of benzene rings is 2. The molecule has 0 spiro atoms. The molecule has 38 heavy (non-hydrogen) atoms. The minimum Gasteiger partial charge on any atom is -0.462 e. The van der Waals surface area contributed by atoms with Crippen LogP contribution in [0.15, 0.2) is 65.9 Å². The molecule has 0 bridgehead atoms. The number of nitro groups is 1. The van der Waals surface area contributed by atoms with Crippen LogP contribution < -0.4 is 10.6 Å². The van der Waals surface area contributed by atoms with Gasteiger partial charge in [0.1, 0.15) is 0 Å². The van der Waals surface area contributed by atoms with Crippen LogP contribution in [0.2, 0.25) is 0 Å². The van der Waals surface area contributed by atoms with E-state index < -0.39 is 16.9 Å². The number of rotatable bonds is 10. The van der Waals surface area contributed by atoms with Gasteiger partial charge in [-0.05, 0) is 60.7 Å². The van der Waals surface area contributed by atoms with Crippen molar-refractivity contribution in [1.29, 1.82) is 0 Å². The average molecular weight is 521 g/mol. The van der Waals surface area contributed by atoms with Crippen LogP contribution >= 0.6 is 0 Å². The first kappa shape index (κ1) is 28.1. The second-order valence-electron chi connectivity index (χ2n) is 9.32. The van der Waals surface area contributed by atoms with E-state index >= 15 is 0 Å². The first-order valence-corrected chi connectivity index (χ1v) is 12.4. The fourth-order valence-electron chi connectivity index (χ4n) is 3.93. The summed E-state index contributed by atoms with van der Waals surface area (Å²) < 4.78 is 5.51. The molecule has 2 aromatic carbocycles. The van der Waals surface area contributed by atoms with Gasteiger partial charge in [-0.15, -0.1) is 0 Å². The number of nitrogens with one attached hydrogen (secondary N) is 2. The summed E-state index contributed by atoms with van der Waals surface area (Å²) >= 11 is 0. The molecule has 1 aliphatic rings. The van der Waals surface area contributed by atoms with Crippen molar-refractivity contribution in [3.05, 3.63) is 87.1 Å². The molecule has 0 saturated heterocycles. The lowest BCUT2D eigenvalue weighted by atomic mass is 9.94. The van der Waals surface area contributed by atoms with Crippen molar-refractivity contribution in [3.63, 3.8) is 0 Å². The summed E-state index contributed by atoms with van der Waals surface area (Å²) in [4.78, 5) is 50.0. The van der Waals surface area contributed by atoms with Gasteiger partial charge < -0.3 is 15.4 Å². The number of nitrogens with zero attached hydrogens (tertiary/aromatic N) is 2. The molecule has 1 aliphatic heterocycles. The van der Waals surface area contributed by atoms with Crippen LogP contribution in [-0.2, 0) is 14.3 Å². The Bertz CT molecular complexity index is 1250. The number of amides is 3. The zero-order valence-corrected chi connectivity index (χ0v) is 21.9. The molecule has 10 nitrogen and oxygen atoms in total. The molecular weight excluding hydrogens is 488 g/mol. The maximum Gasteiger partial charge on any atom is 0.338 e. The van der Waals surface area contributed by atoms with Crippen molar-refractivity contribution in [2.45, 2.75) is 40.2 Å². The Kier molecular flexibility index (Phi) is 9.37. The number of urea groups is 1. The molecule has 1 heterocycles. The van der Waals surface area contributed by atoms with Crippen molar-refractivity contribution in [2.24, 2.45) is 5.92 Å². The van der Waals surface area contributed by atoms with Crippen LogP contribution in [0.3, 0.4) is 0 Å². The Morgan fingerprint density at radius 2 is 1.82 bits per heavy atom. The van der Waals surface area contributed by atoms with Crippen LogP contribution in [0.1, 0.15) is 51.3 Å². The third kappa shape index (κ3) is 7.06. The second kappa shape index (κ2) is 12.7. The quantitative estimate of drug-likeness (QED) is 0.192. The number of carbonyl (C=O) groups excluding carboxylic acids is 3. The van der Waals surface area contributed by atoms with Gasteiger partial charge in [0.25, 0.3) is 5.69 Å². The number of allylic oxidation sites excluding steroid dienone is 1. The van der Waals surface area contributed by atoms with Gasteiger partial charge in [-0.2, -0.15) is 0 Å². The molecule has 0 unspecified atom stereocenters. The van der Waals surface area contributed by atoms with Crippen LogP contribution in [-0.4, -0.2) is 40.9 Å². The minimum absolute atomic E-state index is 0.0275. The smallest absolute Gasteiger partial charge is 0.338 e. The molecule has 3 amide bonds. The molecule has 2 N–H and O–H groups in total. The highest BCUT2D eigenvalue weighted by Crippen LogP contribution is 2.32. The van der Waals surface area contributed by atoms with Gasteiger partial charge >= 0.3 is 12.0 Å². The van der Waals surface area contributed by atoms with E-state index in [0.717, 1.165) is 6.42 Å². The average Bonchev–Trinajstić information content (AvgIpc) is 2.89. The number of carbonyl (C=O) groups is 3. The molecule has 10 heteroatoms. The third-order valence-corrected chi connectivity index (χ3v) is 5.85. The Morgan fingerprint density at radius 3 is 2.39 bits per heavy atom. The van der Waals surface area contributed by atoms with Crippen LogP contribution in [0.25, 0.3) is 6.08 Å². The lowest BCUT2D eigenvalue weighted by Gasteiger charge is -2.35. The van der Waals surface area contributed by atoms with E-state index in [2.05, 4.69) is 10.6 Å². The predicted octanol–water partition coefficient (Wildman–Crippen LogP) is 5.20. The van der Waals surface area contributed by atoms with Gasteiger partial charge in [0.2, 0.25) is 5.91 Å². The van der Waals surface area contributed by atoms with E-state index in [0.29, 0.717) is 34.6 Å². The lowest BCUT2D eigenvalue weighted by molar-refractivity contribution is -0.384. The summed E-state index contributed by atoms with van der Waals surface area (Å²) in [6.07, 6.45) is 3.61. The zero-order valence-electron chi connectivity index (χ0n) is 21.9. The fraction of sp³-hybridized carbons (Fsp3) is 0.321. The summed E-state index contributed by atoms with van der Waals surface area (Å²) in [7, 11) is 0. The Labute approximate surface area is 221 Å². The monoisotopic (exact) mass is 520 g/mol. The van der Waals surface area contributed by atoms with E-state index in [-0.39, 0.29) is 30.2 Å². The van der Waals surface area contributed by atoms with Gasteiger partial charge in [-0.3, -0.25) is 19.8 Å². The maximum absolute atomic E-state index is 13.1. The number of anilines is 1. The fourth-order valence-corrected chi connectivity index (χ4v) is 3.93. The van der Waals surface area contributed by atoms with Crippen molar-refractivity contribution < 1.29 is 24.0 Å². The summed E-state index contributed by atoms with van der Waals surface area (Å²) in [6, 6.07) is 11.7. The highest BCUT2D eigenvalue weighted by Gasteiger charge is 2.36. The SMILES string of the molecule is CCCN1C(=O)N[C@@H](c2ccc(NC(=O)/C=C/c3ccc([N+](=O)[O-])cc3)cc2)C(C(=O)OCC(C)C)=C1C. The van der Waals surface area contributed by atoms with E-state index in [9.17, 15) is 24.5 Å². The molecule has 200 valence electrons. The highest BCUT2D eigenvalue weighted by molar-refractivity contribution is 6.02. The zero-order chi connectivity index (χ0) is 27.8. The van der Waals surface area contributed by atoms with Crippen molar-refractivity contribution >= 4 is 35.4 Å². The molecule has 0 fully saturated rings. The van der Waals surface area contributed by atoms with Crippen LogP contribution in [0.4, 0.5) is 16.2 Å². The van der Waals surface area contributed by atoms with Crippen LogP contribution in [0, 0.1) is 16.0 Å². The third-order valence-electron chi connectivity index (χ3n) is 5.85. The number of hydrogen-bond acceptors (Lipinski definition) is 6. The molecule has 0 aliphatic carbocycles. The van der Waals surface area contributed by atoms with Crippen LogP contribution in [0.5, 0.6) is 0 Å². The topological polar surface area (TPSA) is 131 Å². The first-order valence-electron chi connectivity index (χ1n) is 12.4. The number of nitro benzene ring substituents is 1. The van der Waals surface area contributed by atoms with Crippen molar-refractivity contribution in [3.8, 4) is 0 Å². The second-order valence-corrected chi connectivity index (χ2v) is 9.32. The summed E-state index contributed by atoms with van der Waals surface area (Å²) in [5.41, 5.74) is 2.74. The van der Waals surface area contributed by atoms with E-state index in [1.807, 2.05) is 20.8 Å². The Hall–Kier alpha value is -4.47. The number of non-ortho nitro benzene ring substituents is 1. The minimum atomic E-state index is -0.693. The molecule has 2 aromatic rings. The van der Waals surface area contributed by atoms with Gasteiger partial charge in [0, 0.05) is 36.1 Å². The largest absolute Gasteiger partial charge is 0.462 e. The Balaban J connectivity index is 1.76. The Morgan fingerprint density at radius 1 is 1.16 bits per heavy atom. The van der Waals surface area contributed by atoms with Gasteiger partial charge in [0.05, 0.1) is 23.1 Å². The summed E-state index contributed by atoms with van der Waals surface area (Å²) in [6.45, 7) is 8.35. The van der Waals surface area contributed by atoms with E-state index in [4.69, 9.17) is 4.74 Å². The number of hydrogen-bond donors (Lipinski definition) is 2. The first-order chi connectivity index (χ1) is 18.1. The van der Waals surface area contributed by atoms with Crippen molar-refractivity contribution in [1.82, 2.24) is 10.2 Å². The van der Waals surface area contributed by atoms with Gasteiger partial charge in [0.15, 0.2) is 0 Å². The molecule has 0 radical (unpaired) electrons.